The molecule has 0 spiro atoms. The number of hydrogen-bond donors (Lipinski definition) is 1. The predicted molar refractivity (Wildman–Crippen MR) is 64.5 cm³/mol. The zero-order valence-electron chi connectivity index (χ0n) is 9.69. The van der Waals surface area contributed by atoms with E-state index < -0.39 is 6.04 Å². The van der Waals surface area contributed by atoms with Gasteiger partial charge in [-0.3, -0.25) is 0 Å². The summed E-state index contributed by atoms with van der Waals surface area (Å²) in [4.78, 5) is 10.5. The Morgan fingerprint density at radius 3 is 2.56 bits per heavy atom. The molecule has 0 radical (unpaired) electrons. The lowest BCUT2D eigenvalue weighted by atomic mass is 10.1. The molecule has 0 bridgehead atoms. The van der Waals surface area contributed by atoms with Crippen LogP contribution in [-0.4, -0.2) is 12.9 Å². The Morgan fingerprint density at radius 2 is 2.00 bits per heavy atom. The molecule has 2 N–H and O–H groups in total. The average Bonchev–Trinajstić information content (AvgIpc) is 2.34. The van der Waals surface area contributed by atoms with Crippen LogP contribution in [0.3, 0.4) is 0 Å². The molecule has 1 atom stereocenters. The summed E-state index contributed by atoms with van der Waals surface area (Å²) < 4.78 is 5.55. The normalized spacial score (nSPS) is 12.1. The smallest absolute Gasteiger partial charge is 0.141 e. The molecule has 1 rings (SSSR count). The van der Waals surface area contributed by atoms with Crippen LogP contribution in [0, 0.1) is 0 Å². The molecule has 1 aromatic rings. The quantitative estimate of drug-likeness (QED) is 0.568. The van der Waals surface area contributed by atoms with Gasteiger partial charge in [0.1, 0.15) is 12.0 Å². The molecule has 16 heavy (non-hydrogen) atoms. The molecule has 1 unspecified atom stereocenters. The number of nitrogens with two attached hydrogens (primary N) is 1. The number of benzene rings is 1. The first-order valence-corrected chi connectivity index (χ1v) is 5.71. The largest absolute Gasteiger partial charge is 0.494 e. The molecule has 0 aliphatic carbocycles. The van der Waals surface area contributed by atoms with Crippen molar-refractivity contribution >= 4 is 6.29 Å². The Bertz CT molecular complexity index is 308. The van der Waals surface area contributed by atoms with Gasteiger partial charge in [0.05, 0.1) is 12.6 Å². The first-order valence-electron chi connectivity index (χ1n) is 5.71. The van der Waals surface area contributed by atoms with Crippen molar-refractivity contribution in [3.63, 3.8) is 0 Å². The summed E-state index contributed by atoms with van der Waals surface area (Å²) in [5.74, 6) is 0.831. The molecule has 0 aliphatic rings. The highest BCUT2D eigenvalue weighted by Gasteiger charge is 2.03. The van der Waals surface area contributed by atoms with Crippen molar-refractivity contribution in [2.75, 3.05) is 6.61 Å². The van der Waals surface area contributed by atoms with Gasteiger partial charge in [-0.15, -0.1) is 0 Å². The fraction of sp³-hybridized carbons (Fsp3) is 0.462. The van der Waals surface area contributed by atoms with Crippen LogP contribution in [0.1, 0.15) is 37.8 Å². The van der Waals surface area contributed by atoms with Gasteiger partial charge in [0.15, 0.2) is 0 Å². The van der Waals surface area contributed by atoms with Crippen LogP contribution in [0.25, 0.3) is 0 Å². The van der Waals surface area contributed by atoms with Crippen LogP contribution in [-0.2, 0) is 4.79 Å². The molecule has 0 amide bonds. The number of carbonyl (C=O) groups is 1. The predicted octanol–water partition coefficient (Wildman–Crippen LogP) is 2.45. The lowest BCUT2D eigenvalue weighted by Gasteiger charge is -2.08. The maximum Gasteiger partial charge on any atom is 0.141 e. The van der Waals surface area contributed by atoms with E-state index in [1.807, 2.05) is 24.3 Å². The number of ether oxygens (including phenoxy) is 1. The van der Waals surface area contributed by atoms with E-state index in [0.717, 1.165) is 30.6 Å². The van der Waals surface area contributed by atoms with E-state index in [-0.39, 0.29) is 0 Å². The molecule has 88 valence electrons. The topological polar surface area (TPSA) is 52.3 Å². The van der Waals surface area contributed by atoms with E-state index in [4.69, 9.17) is 10.5 Å². The monoisotopic (exact) mass is 221 g/mol. The van der Waals surface area contributed by atoms with Gasteiger partial charge in [-0.2, -0.15) is 0 Å². The molecule has 0 saturated heterocycles. The second-order valence-electron chi connectivity index (χ2n) is 3.79. The van der Waals surface area contributed by atoms with E-state index >= 15 is 0 Å². The molecule has 0 heterocycles. The second-order valence-corrected chi connectivity index (χ2v) is 3.79. The lowest BCUT2D eigenvalue weighted by molar-refractivity contribution is -0.109. The highest BCUT2D eigenvalue weighted by Crippen LogP contribution is 2.15. The molecule has 0 fully saturated rings. The van der Waals surface area contributed by atoms with Crippen molar-refractivity contribution in [3.8, 4) is 5.75 Å². The Hall–Kier alpha value is -1.35. The lowest BCUT2D eigenvalue weighted by Crippen LogP contribution is -2.10. The number of unbranched alkanes of at least 4 members (excludes halogenated alkanes) is 2. The number of rotatable bonds is 7. The van der Waals surface area contributed by atoms with Crippen LogP contribution in [0.2, 0.25) is 0 Å². The Morgan fingerprint density at radius 1 is 1.31 bits per heavy atom. The Balaban J connectivity index is 2.42. The minimum Gasteiger partial charge on any atom is -0.494 e. The summed E-state index contributed by atoms with van der Waals surface area (Å²) in [5, 5.41) is 0. The summed E-state index contributed by atoms with van der Waals surface area (Å²) in [6.45, 7) is 2.91. The summed E-state index contributed by atoms with van der Waals surface area (Å²) >= 11 is 0. The van der Waals surface area contributed by atoms with E-state index in [1.165, 1.54) is 12.8 Å². The summed E-state index contributed by atoms with van der Waals surface area (Å²) in [6.07, 6.45) is 4.19. The second kappa shape index (κ2) is 7.01. The first kappa shape index (κ1) is 12.7. The van der Waals surface area contributed by atoms with Crippen molar-refractivity contribution in [1.82, 2.24) is 0 Å². The van der Waals surface area contributed by atoms with Crippen LogP contribution < -0.4 is 10.5 Å². The minimum absolute atomic E-state index is 0.533. The van der Waals surface area contributed by atoms with Gasteiger partial charge < -0.3 is 15.3 Å². The molecule has 1 aromatic carbocycles. The molecule has 3 heteroatoms. The zero-order valence-corrected chi connectivity index (χ0v) is 9.69. The standard InChI is InChI=1S/C13H19NO2/c1-2-3-4-9-16-12-7-5-11(6-8-12)13(14)10-15/h5-8,10,13H,2-4,9,14H2,1H3. The van der Waals surface area contributed by atoms with Crippen LogP contribution in [0.15, 0.2) is 24.3 Å². The number of carbonyl (C=O) groups excluding carboxylic acids is 1. The van der Waals surface area contributed by atoms with Gasteiger partial charge in [-0.05, 0) is 24.1 Å². The summed E-state index contributed by atoms with van der Waals surface area (Å²) in [7, 11) is 0. The van der Waals surface area contributed by atoms with Crippen molar-refractivity contribution < 1.29 is 9.53 Å². The molecule has 0 saturated carbocycles. The van der Waals surface area contributed by atoms with Gasteiger partial charge in [0, 0.05) is 0 Å². The fourth-order valence-electron chi connectivity index (χ4n) is 1.41. The van der Waals surface area contributed by atoms with Gasteiger partial charge in [-0.1, -0.05) is 31.9 Å². The SMILES string of the molecule is CCCCCOc1ccc(C(N)C=O)cc1. The first-order chi connectivity index (χ1) is 7.77. The minimum atomic E-state index is -0.533. The maximum atomic E-state index is 10.5. The number of hydrogen-bond acceptors (Lipinski definition) is 3. The maximum absolute atomic E-state index is 10.5. The van der Waals surface area contributed by atoms with Gasteiger partial charge in [0.25, 0.3) is 0 Å². The van der Waals surface area contributed by atoms with Gasteiger partial charge in [0.2, 0.25) is 0 Å². The molecule has 0 aliphatic heterocycles. The Kier molecular flexibility index (Phi) is 5.57. The summed E-state index contributed by atoms with van der Waals surface area (Å²) in [5.41, 5.74) is 6.39. The van der Waals surface area contributed by atoms with Gasteiger partial charge >= 0.3 is 0 Å². The van der Waals surface area contributed by atoms with Crippen LogP contribution in [0.5, 0.6) is 5.75 Å². The number of aldehydes is 1. The van der Waals surface area contributed by atoms with E-state index in [2.05, 4.69) is 6.92 Å². The zero-order chi connectivity index (χ0) is 11.8. The molecular weight excluding hydrogens is 202 g/mol. The van der Waals surface area contributed by atoms with E-state index in [9.17, 15) is 4.79 Å². The van der Waals surface area contributed by atoms with Crippen molar-refractivity contribution in [2.45, 2.75) is 32.2 Å². The third-order valence-electron chi connectivity index (χ3n) is 2.43. The highest BCUT2D eigenvalue weighted by atomic mass is 16.5. The summed E-state index contributed by atoms with van der Waals surface area (Å²) in [6, 6.07) is 6.83. The van der Waals surface area contributed by atoms with Crippen molar-refractivity contribution in [1.29, 1.82) is 0 Å². The van der Waals surface area contributed by atoms with Crippen LogP contribution >= 0.6 is 0 Å². The van der Waals surface area contributed by atoms with E-state index in [0.29, 0.717) is 0 Å². The third kappa shape index (κ3) is 4.03. The molecule has 0 aromatic heterocycles. The highest BCUT2D eigenvalue weighted by molar-refractivity contribution is 5.61. The van der Waals surface area contributed by atoms with Crippen molar-refractivity contribution in [2.24, 2.45) is 5.73 Å². The molecular formula is C13H19NO2. The van der Waals surface area contributed by atoms with Crippen LogP contribution in [0.4, 0.5) is 0 Å². The fourth-order valence-corrected chi connectivity index (χ4v) is 1.41. The van der Waals surface area contributed by atoms with Gasteiger partial charge in [-0.25, -0.2) is 0 Å². The average molecular weight is 221 g/mol. The Labute approximate surface area is 96.6 Å². The third-order valence-corrected chi connectivity index (χ3v) is 2.43. The molecule has 3 nitrogen and oxygen atoms in total. The van der Waals surface area contributed by atoms with E-state index in [1.54, 1.807) is 0 Å². The van der Waals surface area contributed by atoms with Crippen molar-refractivity contribution in [3.05, 3.63) is 29.8 Å².